The Bertz CT molecular complexity index is 286. The van der Waals surface area contributed by atoms with Crippen LogP contribution in [0, 0.1) is 5.92 Å². The summed E-state index contributed by atoms with van der Waals surface area (Å²) in [7, 11) is 0. The second kappa shape index (κ2) is 6.30. The number of H-pyrrole nitrogens is 1. The molecule has 1 saturated carbocycles. The van der Waals surface area contributed by atoms with Gasteiger partial charge in [-0.25, -0.2) is 4.98 Å². The van der Waals surface area contributed by atoms with Crippen LogP contribution in [0.4, 0.5) is 0 Å². The van der Waals surface area contributed by atoms with E-state index in [2.05, 4.69) is 22.2 Å². The number of rotatable bonds is 5. The third-order valence-electron chi connectivity index (χ3n) is 3.33. The number of nitrogens with one attached hydrogen (secondary N) is 2. The molecule has 0 amide bonds. The Balaban J connectivity index is 1.60. The molecule has 0 spiro atoms. The molecule has 16 heavy (non-hydrogen) atoms. The Hall–Kier alpha value is -0.480. The minimum atomic E-state index is 0.742. The lowest BCUT2D eigenvalue weighted by Crippen LogP contribution is -2.38. The molecule has 0 aromatic carbocycles. The molecule has 90 valence electrons. The summed E-state index contributed by atoms with van der Waals surface area (Å²) in [5.41, 5.74) is 0. The first-order chi connectivity index (χ1) is 7.86. The molecule has 2 rings (SSSR count). The van der Waals surface area contributed by atoms with Crippen molar-refractivity contribution >= 4 is 11.8 Å². The molecule has 1 aliphatic carbocycles. The number of hydrogen-bond donors (Lipinski definition) is 2. The average molecular weight is 239 g/mol. The van der Waals surface area contributed by atoms with Crippen molar-refractivity contribution in [3.05, 3.63) is 12.4 Å². The fourth-order valence-electron chi connectivity index (χ4n) is 2.34. The molecule has 4 heteroatoms. The van der Waals surface area contributed by atoms with Gasteiger partial charge in [-0.15, -0.1) is 0 Å². The minimum absolute atomic E-state index is 0.742. The smallest absolute Gasteiger partial charge is 0.165 e. The lowest BCUT2D eigenvalue weighted by atomic mass is 9.86. The van der Waals surface area contributed by atoms with Gasteiger partial charge in [0.15, 0.2) is 5.16 Å². The van der Waals surface area contributed by atoms with Gasteiger partial charge in [0.05, 0.1) is 0 Å². The molecule has 1 aliphatic rings. The largest absolute Gasteiger partial charge is 0.340 e. The van der Waals surface area contributed by atoms with Crippen LogP contribution in [0.3, 0.4) is 0 Å². The lowest BCUT2D eigenvalue weighted by Gasteiger charge is -2.29. The zero-order valence-corrected chi connectivity index (χ0v) is 10.7. The van der Waals surface area contributed by atoms with E-state index in [1.54, 1.807) is 18.0 Å². The van der Waals surface area contributed by atoms with Gasteiger partial charge in [-0.2, -0.15) is 0 Å². The van der Waals surface area contributed by atoms with Crippen molar-refractivity contribution in [1.29, 1.82) is 0 Å². The van der Waals surface area contributed by atoms with Crippen LogP contribution < -0.4 is 5.32 Å². The Labute approximate surface area is 102 Å². The molecular formula is C12H21N3S. The van der Waals surface area contributed by atoms with Crippen molar-refractivity contribution in [3.8, 4) is 0 Å². The summed E-state index contributed by atoms with van der Waals surface area (Å²) >= 11 is 1.79. The van der Waals surface area contributed by atoms with Crippen LogP contribution in [-0.4, -0.2) is 28.3 Å². The summed E-state index contributed by atoms with van der Waals surface area (Å²) in [4.78, 5) is 7.30. The second-order valence-electron chi connectivity index (χ2n) is 4.57. The monoisotopic (exact) mass is 239 g/mol. The third-order valence-corrected chi connectivity index (χ3v) is 4.24. The van der Waals surface area contributed by atoms with Gasteiger partial charge < -0.3 is 10.3 Å². The van der Waals surface area contributed by atoms with Crippen LogP contribution in [0.5, 0.6) is 0 Å². The molecule has 0 aliphatic heterocycles. The molecule has 1 aromatic rings. The van der Waals surface area contributed by atoms with Gasteiger partial charge in [0.25, 0.3) is 0 Å². The molecule has 1 aromatic heterocycles. The third kappa shape index (κ3) is 3.52. The zero-order valence-electron chi connectivity index (χ0n) is 9.91. The molecule has 3 nitrogen and oxygen atoms in total. The number of hydrogen-bond acceptors (Lipinski definition) is 3. The number of nitrogens with zero attached hydrogens (tertiary/aromatic N) is 1. The van der Waals surface area contributed by atoms with Gasteiger partial charge in [0.1, 0.15) is 0 Å². The molecule has 2 N–H and O–H groups in total. The van der Waals surface area contributed by atoms with Crippen molar-refractivity contribution in [3.63, 3.8) is 0 Å². The number of thioether (sulfide) groups is 1. The maximum absolute atomic E-state index is 4.20. The summed E-state index contributed by atoms with van der Waals surface area (Å²) in [5, 5.41) is 4.70. The number of aromatic nitrogens is 2. The summed E-state index contributed by atoms with van der Waals surface area (Å²) < 4.78 is 0. The maximum atomic E-state index is 4.20. The predicted molar refractivity (Wildman–Crippen MR) is 68.7 cm³/mol. The molecule has 1 heterocycles. The molecule has 2 unspecified atom stereocenters. The standard InChI is InChI=1S/C12H21N3S/c1-10-4-2-3-5-11(10)13-8-9-16-12-14-6-7-15-12/h6-7,10-11,13H,2-5,8-9H2,1H3,(H,14,15). The number of imidazole rings is 1. The van der Waals surface area contributed by atoms with Crippen LogP contribution in [0.15, 0.2) is 17.6 Å². The highest BCUT2D eigenvalue weighted by molar-refractivity contribution is 7.99. The molecule has 1 fully saturated rings. The van der Waals surface area contributed by atoms with Crippen LogP contribution in [0.2, 0.25) is 0 Å². The van der Waals surface area contributed by atoms with Crippen LogP contribution in [-0.2, 0) is 0 Å². The first kappa shape index (κ1) is 12.0. The van der Waals surface area contributed by atoms with E-state index in [0.717, 1.165) is 29.4 Å². The first-order valence-electron chi connectivity index (χ1n) is 6.22. The normalized spacial score (nSPS) is 25.8. The van der Waals surface area contributed by atoms with E-state index in [1.165, 1.54) is 25.7 Å². The van der Waals surface area contributed by atoms with Gasteiger partial charge in [-0.05, 0) is 18.8 Å². The highest BCUT2D eigenvalue weighted by Gasteiger charge is 2.19. The summed E-state index contributed by atoms with van der Waals surface area (Å²) in [6.45, 7) is 3.46. The van der Waals surface area contributed by atoms with Crippen LogP contribution in [0.1, 0.15) is 32.6 Å². The van der Waals surface area contributed by atoms with Crippen molar-refractivity contribution in [2.75, 3.05) is 12.3 Å². The van der Waals surface area contributed by atoms with E-state index in [1.807, 2.05) is 6.20 Å². The van der Waals surface area contributed by atoms with Crippen molar-refractivity contribution in [1.82, 2.24) is 15.3 Å². The molecule has 0 saturated heterocycles. The van der Waals surface area contributed by atoms with Crippen molar-refractivity contribution < 1.29 is 0 Å². The SMILES string of the molecule is CC1CCCCC1NCCSc1ncc[nH]1. The maximum Gasteiger partial charge on any atom is 0.165 e. The first-order valence-corrected chi connectivity index (χ1v) is 7.20. The van der Waals surface area contributed by atoms with Gasteiger partial charge >= 0.3 is 0 Å². The Morgan fingerprint density at radius 1 is 1.50 bits per heavy atom. The molecule has 2 atom stereocenters. The number of aromatic amines is 1. The quantitative estimate of drug-likeness (QED) is 0.613. The van der Waals surface area contributed by atoms with Crippen molar-refractivity contribution in [2.24, 2.45) is 5.92 Å². The summed E-state index contributed by atoms with van der Waals surface area (Å²) in [6.07, 6.45) is 9.24. The Morgan fingerprint density at radius 2 is 2.38 bits per heavy atom. The summed E-state index contributed by atoms with van der Waals surface area (Å²) in [6, 6.07) is 0.742. The predicted octanol–water partition coefficient (Wildman–Crippen LogP) is 2.67. The van der Waals surface area contributed by atoms with E-state index in [9.17, 15) is 0 Å². The van der Waals surface area contributed by atoms with E-state index < -0.39 is 0 Å². The minimum Gasteiger partial charge on any atom is -0.340 e. The lowest BCUT2D eigenvalue weighted by molar-refractivity contribution is 0.285. The Morgan fingerprint density at radius 3 is 3.12 bits per heavy atom. The average Bonchev–Trinajstić information content (AvgIpc) is 2.79. The van der Waals surface area contributed by atoms with Gasteiger partial charge in [-0.3, -0.25) is 0 Å². The Kier molecular flexibility index (Phi) is 4.72. The van der Waals surface area contributed by atoms with Crippen LogP contribution >= 0.6 is 11.8 Å². The van der Waals surface area contributed by atoms with Gasteiger partial charge in [-0.1, -0.05) is 31.5 Å². The van der Waals surface area contributed by atoms with E-state index in [0.29, 0.717) is 0 Å². The van der Waals surface area contributed by atoms with E-state index in [4.69, 9.17) is 0 Å². The molecule has 0 radical (unpaired) electrons. The highest BCUT2D eigenvalue weighted by Crippen LogP contribution is 2.23. The fourth-order valence-corrected chi connectivity index (χ4v) is 3.04. The summed E-state index contributed by atoms with van der Waals surface area (Å²) in [5.74, 6) is 1.94. The fraction of sp³-hybridized carbons (Fsp3) is 0.750. The topological polar surface area (TPSA) is 40.7 Å². The van der Waals surface area contributed by atoms with Crippen LogP contribution in [0.25, 0.3) is 0 Å². The zero-order chi connectivity index (χ0) is 11.2. The van der Waals surface area contributed by atoms with E-state index >= 15 is 0 Å². The molecule has 0 bridgehead atoms. The van der Waals surface area contributed by atoms with E-state index in [-0.39, 0.29) is 0 Å². The highest BCUT2D eigenvalue weighted by atomic mass is 32.2. The second-order valence-corrected chi connectivity index (χ2v) is 5.65. The van der Waals surface area contributed by atoms with Gasteiger partial charge in [0.2, 0.25) is 0 Å². The van der Waals surface area contributed by atoms with Crippen molar-refractivity contribution in [2.45, 2.75) is 43.8 Å². The van der Waals surface area contributed by atoms with Gasteiger partial charge in [0, 0.05) is 30.7 Å². The molecular weight excluding hydrogens is 218 g/mol.